The van der Waals surface area contributed by atoms with E-state index in [1.165, 1.54) is 12.0 Å². The van der Waals surface area contributed by atoms with E-state index in [1.807, 2.05) is 0 Å². The minimum absolute atomic E-state index is 0.335. The van der Waals surface area contributed by atoms with Crippen molar-refractivity contribution < 1.29 is 10.2 Å². The van der Waals surface area contributed by atoms with E-state index in [0.717, 1.165) is 14.2 Å². The van der Waals surface area contributed by atoms with E-state index in [2.05, 4.69) is 51.1 Å². The van der Waals surface area contributed by atoms with Crippen molar-refractivity contribution in [1.29, 1.82) is 0 Å². The second kappa shape index (κ2) is 9.69. The maximum atomic E-state index is 7.00. The monoisotopic (exact) mass is 212 g/mol. The smallest absolute Gasteiger partial charge is 0.0319 e. The maximum Gasteiger partial charge on any atom is 0.0319 e. The predicted octanol–water partition coefficient (Wildman–Crippen LogP) is 2.59. The Morgan fingerprint density at radius 3 is 1.67 bits per heavy atom. The minimum atomic E-state index is 0.335. The van der Waals surface area contributed by atoms with Gasteiger partial charge in [-0.15, -0.1) is 0 Å². The third kappa shape index (κ3) is 6.26. The normalized spacial score (nSPS) is 9.27. The van der Waals surface area contributed by atoms with Crippen molar-refractivity contribution in [1.82, 2.24) is 0 Å². The molecule has 0 radical (unpaired) electrons. The molecule has 2 nitrogen and oxygen atoms in total. The molecule has 0 bridgehead atoms. The topological polar surface area (TPSA) is 40.5 Å². The molecular weight excluding hydrogens is 188 g/mol. The van der Waals surface area contributed by atoms with Crippen molar-refractivity contribution in [3.05, 3.63) is 35.9 Å². The highest BCUT2D eigenvalue weighted by atomic mass is 16.2. The van der Waals surface area contributed by atoms with E-state index in [-0.39, 0.29) is 0 Å². The van der Waals surface area contributed by atoms with Crippen LogP contribution in [-0.4, -0.2) is 24.4 Å². The Bertz CT molecular complexity index is 217. The lowest BCUT2D eigenvalue weighted by atomic mass is 9.82. The van der Waals surface area contributed by atoms with Gasteiger partial charge >= 0.3 is 0 Å². The molecule has 88 valence electrons. The second-order valence-corrected chi connectivity index (χ2v) is 3.60. The summed E-state index contributed by atoms with van der Waals surface area (Å²) < 4.78 is 0. The molecule has 0 spiro atoms. The molecule has 0 aliphatic heterocycles. The van der Waals surface area contributed by atoms with Crippen LogP contribution in [0.15, 0.2) is 30.3 Å². The molecule has 2 heteroatoms. The molecule has 0 heterocycles. The quantitative estimate of drug-likeness (QED) is 0.791. The Balaban J connectivity index is 0. The van der Waals surface area contributed by atoms with Crippen molar-refractivity contribution in [3.8, 4) is 0 Å². The summed E-state index contributed by atoms with van der Waals surface area (Å²) in [4.78, 5) is 0. The van der Waals surface area contributed by atoms with Gasteiger partial charge in [0.15, 0.2) is 0 Å². The van der Waals surface area contributed by atoms with Crippen LogP contribution in [0, 0.1) is 0 Å². The van der Waals surface area contributed by atoms with Crippen LogP contribution < -0.4 is 0 Å². The second-order valence-electron chi connectivity index (χ2n) is 3.60. The summed E-state index contributed by atoms with van der Waals surface area (Å²) in [6, 6.07) is 10.7. The highest BCUT2D eigenvalue weighted by Crippen LogP contribution is 2.25. The Kier molecular flexibility index (Phi) is 10.7. The van der Waals surface area contributed by atoms with Gasteiger partial charge in [0, 0.05) is 14.2 Å². The Morgan fingerprint density at radius 2 is 1.33 bits per heavy atom. The van der Waals surface area contributed by atoms with E-state index in [0.29, 0.717) is 5.41 Å². The van der Waals surface area contributed by atoms with E-state index in [9.17, 15) is 0 Å². The van der Waals surface area contributed by atoms with Gasteiger partial charge < -0.3 is 10.2 Å². The summed E-state index contributed by atoms with van der Waals surface area (Å²) in [6.07, 6.45) is 1.19. The third-order valence-electron chi connectivity index (χ3n) is 2.44. The maximum absolute atomic E-state index is 7.00. The standard InChI is InChI=1S/C11H16.2CH4O/c1-4-11(2,3)10-8-6-5-7-9-10;2*1-2/h5-9H,4H2,1-3H3;2*2H,1H3. The van der Waals surface area contributed by atoms with Crippen LogP contribution >= 0.6 is 0 Å². The molecule has 0 unspecified atom stereocenters. The zero-order chi connectivity index (χ0) is 12.3. The van der Waals surface area contributed by atoms with Gasteiger partial charge in [0.05, 0.1) is 0 Å². The number of rotatable bonds is 2. The van der Waals surface area contributed by atoms with E-state index in [4.69, 9.17) is 10.2 Å². The number of aliphatic hydroxyl groups excluding tert-OH is 2. The fourth-order valence-corrected chi connectivity index (χ4v) is 1.09. The molecule has 0 aliphatic carbocycles. The largest absolute Gasteiger partial charge is 0.400 e. The lowest BCUT2D eigenvalue weighted by Crippen LogP contribution is -2.14. The number of benzene rings is 1. The van der Waals surface area contributed by atoms with Crippen molar-refractivity contribution in [2.24, 2.45) is 0 Å². The zero-order valence-corrected chi connectivity index (χ0v) is 10.5. The molecule has 0 amide bonds. The summed E-state index contributed by atoms with van der Waals surface area (Å²) in [5, 5.41) is 14.0. The molecule has 1 rings (SSSR count). The summed E-state index contributed by atoms with van der Waals surface area (Å²) in [5.41, 5.74) is 1.77. The van der Waals surface area contributed by atoms with Gasteiger partial charge in [-0.2, -0.15) is 0 Å². The number of hydrogen-bond acceptors (Lipinski definition) is 2. The zero-order valence-electron chi connectivity index (χ0n) is 10.5. The molecule has 0 saturated carbocycles. The van der Waals surface area contributed by atoms with Gasteiger partial charge in [-0.05, 0) is 17.4 Å². The molecular formula is C13H24O2. The predicted molar refractivity (Wildman–Crippen MR) is 66.0 cm³/mol. The molecule has 1 aromatic rings. The van der Waals surface area contributed by atoms with Crippen molar-refractivity contribution in [2.75, 3.05) is 14.2 Å². The molecule has 0 saturated heterocycles. The lowest BCUT2D eigenvalue weighted by molar-refractivity contribution is 0.399. The summed E-state index contributed by atoms with van der Waals surface area (Å²) in [6.45, 7) is 6.79. The Morgan fingerprint density at radius 1 is 0.933 bits per heavy atom. The lowest BCUT2D eigenvalue weighted by Gasteiger charge is -2.22. The van der Waals surface area contributed by atoms with Crippen LogP contribution in [0.4, 0.5) is 0 Å². The van der Waals surface area contributed by atoms with Crippen LogP contribution in [0.3, 0.4) is 0 Å². The molecule has 0 fully saturated rings. The molecule has 2 N–H and O–H groups in total. The summed E-state index contributed by atoms with van der Waals surface area (Å²) in [5.74, 6) is 0. The van der Waals surface area contributed by atoms with Crippen LogP contribution in [0.5, 0.6) is 0 Å². The van der Waals surface area contributed by atoms with Gasteiger partial charge in [-0.3, -0.25) is 0 Å². The Hall–Kier alpha value is -0.860. The van der Waals surface area contributed by atoms with Crippen molar-refractivity contribution >= 4 is 0 Å². The minimum Gasteiger partial charge on any atom is -0.400 e. The van der Waals surface area contributed by atoms with Crippen LogP contribution in [-0.2, 0) is 5.41 Å². The average molecular weight is 212 g/mol. The van der Waals surface area contributed by atoms with Gasteiger partial charge in [-0.25, -0.2) is 0 Å². The third-order valence-corrected chi connectivity index (χ3v) is 2.44. The number of aliphatic hydroxyl groups is 2. The number of hydrogen-bond donors (Lipinski definition) is 2. The highest BCUT2D eigenvalue weighted by molar-refractivity contribution is 5.22. The molecule has 0 aliphatic rings. The molecule has 15 heavy (non-hydrogen) atoms. The fraction of sp³-hybridized carbons (Fsp3) is 0.538. The van der Waals surface area contributed by atoms with E-state index < -0.39 is 0 Å². The first-order valence-corrected chi connectivity index (χ1v) is 5.12. The SMILES string of the molecule is CCC(C)(C)c1ccccc1.CO.CO. The van der Waals surface area contributed by atoms with Gasteiger partial charge in [0.1, 0.15) is 0 Å². The molecule has 0 atom stereocenters. The van der Waals surface area contributed by atoms with Crippen molar-refractivity contribution in [3.63, 3.8) is 0 Å². The Labute approximate surface area is 93.6 Å². The molecule has 1 aromatic carbocycles. The summed E-state index contributed by atoms with van der Waals surface area (Å²) >= 11 is 0. The van der Waals surface area contributed by atoms with Crippen LogP contribution in [0.1, 0.15) is 32.8 Å². The first-order valence-electron chi connectivity index (χ1n) is 5.12. The summed E-state index contributed by atoms with van der Waals surface area (Å²) in [7, 11) is 2.00. The van der Waals surface area contributed by atoms with Gasteiger partial charge in [0.25, 0.3) is 0 Å². The van der Waals surface area contributed by atoms with Crippen LogP contribution in [0.2, 0.25) is 0 Å². The first kappa shape index (κ1) is 16.6. The van der Waals surface area contributed by atoms with E-state index in [1.54, 1.807) is 0 Å². The van der Waals surface area contributed by atoms with E-state index >= 15 is 0 Å². The highest BCUT2D eigenvalue weighted by Gasteiger charge is 2.16. The van der Waals surface area contributed by atoms with Gasteiger partial charge in [-0.1, -0.05) is 51.1 Å². The van der Waals surface area contributed by atoms with Gasteiger partial charge in [0.2, 0.25) is 0 Å². The average Bonchev–Trinajstić information content (AvgIpc) is 2.35. The van der Waals surface area contributed by atoms with Crippen LogP contribution in [0.25, 0.3) is 0 Å². The van der Waals surface area contributed by atoms with Crippen molar-refractivity contribution in [2.45, 2.75) is 32.6 Å². The molecule has 0 aromatic heterocycles. The first-order chi connectivity index (χ1) is 7.17. The fourth-order valence-electron chi connectivity index (χ4n) is 1.09.